The Morgan fingerprint density at radius 1 is 1.37 bits per heavy atom. The van der Waals surface area contributed by atoms with Crippen molar-refractivity contribution < 1.29 is 23.9 Å². The van der Waals surface area contributed by atoms with Gasteiger partial charge in [0.2, 0.25) is 0 Å². The average molecular weight is 394 g/mol. The first-order valence-corrected chi connectivity index (χ1v) is 8.90. The summed E-state index contributed by atoms with van der Waals surface area (Å²) in [6.07, 6.45) is 0.451. The molecule has 0 aliphatic heterocycles. The van der Waals surface area contributed by atoms with E-state index in [4.69, 9.17) is 5.73 Å². The number of aliphatic carboxylic acids is 1. The van der Waals surface area contributed by atoms with E-state index in [1.165, 1.54) is 12.1 Å². The van der Waals surface area contributed by atoms with Gasteiger partial charge in [-0.25, -0.2) is 19.0 Å². The second-order valence-electron chi connectivity index (χ2n) is 5.74. The van der Waals surface area contributed by atoms with Crippen molar-refractivity contribution in [1.29, 1.82) is 0 Å². The number of hydrogen-bond acceptors (Lipinski definition) is 5. The molecule has 0 bridgehead atoms. The fourth-order valence-electron chi connectivity index (χ4n) is 2.35. The molecule has 1 heterocycles. The number of halogens is 1. The lowest BCUT2D eigenvalue weighted by Crippen LogP contribution is -2.41. The molecule has 2 aromatic rings. The van der Waals surface area contributed by atoms with E-state index < -0.39 is 29.8 Å². The van der Waals surface area contributed by atoms with Crippen molar-refractivity contribution in [3.63, 3.8) is 0 Å². The number of nitrogens with zero attached hydrogens (tertiary/aromatic N) is 1. The van der Waals surface area contributed by atoms with Gasteiger partial charge in [-0.2, -0.15) is 0 Å². The minimum atomic E-state index is -1.19. The van der Waals surface area contributed by atoms with E-state index >= 15 is 0 Å². The number of primary amides is 1. The lowest BCUT2D eigenvalue weighted by atomic mass is 10.1. The number of benzene rings is 1. The van der Waals surface area contributed by atoms with E-state index in [0.717, 1.165) is 11.3 Å². The predicted molar refractivity (Wildman–Crippen MR) is 98.0 cm³/mol. The van der Waals surface area contributed by atoms with Gasteiger partial charge >= 0.3 is 12.0 Å². The molecule has 0 saturated carbocycles. The summed E-state index contributed by atoms with van der Waals surface area (Å²) in [6, 6.07) is 4.02. The van der Waals surface area contributed by atoms with Crippen molar-refractivity contribution >= 4 is 29.2 Å². The molecule has 2 rings (SSSR count). The Balaban J connectivity index is 2.07. The lowest BCUT2D eigenvalue weighted by molar-refractivity contribution is -0.139. The molecule has 0 fully saturated rings. The summed E-state index contributed by atoms with van der Waals surface area (Å²) in [4.78, 5) is 39.0. The van der Waals surface area contributed by atoms with E-state index in [-0.39, 0.29) is 17.8 Å². The third-order valence-corrected chi connectivity index (χ3v) is 4.85. The van der Waals surface area contributed by atoms with Crippen LogP contribution < -0.4 is 16.4 Å². The van der Waals surface area contributed by atoms with Crippen LogP contribution >= 0.6 is 11.3 Å². The summed E-state index contributed by atoms with van der Waals surface area (Å²) in [7, 11) is 0. The van der Waals surface area contributed by atoms with Crippen LogP contribution in [0.15, 0.2) is 24.3 Å². The van der Waals surface area contributed by atoms with Crippen LogP contribution in [0.1, 0.15) is 28.2 Å². The molecule has 1 atom stereocenters. The highest BCUT2D eigenvalue weighted by Gasteiger charge is 2.23. The number of amides is 3. The Hall–Kier alpha value is -3.01. The number of nitrogens with two attached hydrogens (primary N) is 1. The molecule has 0 aliphatic carbocycles. The molecular formula is C17H19FN4O4S. The fourth-order valence-corrected chi connectivity index (χ4v) is 3.32. The number of thiazole rings is 1. The molecule has 0 spiro atoms. The molecular weight excluding hydrogens is 375 g/mol. The van der Waals surface area contributed by atoms with Crippen LogP contribution in [0.5, 0.6) is 0 Å². The van der Waals surface area contributed by atoms with Gasteiger partial charge in [0.1, 0.15) is 21.7 Å². The lowest BCUT2D eigenvalue weighted by Gasteiger charge is -2.14. The van der Waals surface area contributed by atoms with Gasteiger partial charge in [-0.15, -0.1) is 11.3 Å². The standard InChI is InChI=1S/C17H19FN4O4S/c1-9-13(27-15(21-9)10-4-2-5-11(18)8-10)14(23)22-12(16(24)25)6-3-7-20-17(19)26/h2,4-5,8,12H,3,6-7H2,1H3,(H,22,23)(H,24,25)(H3,19,20,26)/t12-/m0/s1. The van der Waals surface area contributed by atoms with E-state index in [1.807, 2.05) is 0 Å². The Morgan fingerprint density at radius 3 is 2.74 bits per heavy atom. The highest BCUT2D eigenvalue weighted by atomic mass is 32.1. The zero-order chi connectivity index (χ0) is 20.0. The van der Waals surface area contributed by atoms with Crippen LogP contribution in [0.3, 0.4) is 0 Å². The number of nitrogens with one attached hydrogen (secondary N) is 2. The van der Waals surface area contributed by atoms with Gasteiger partial charge in [0.15, 0.2) is 0 Å². The molecule has 0 saturated heterocycles. The Labute approximate surface area is 158 Å². The molecule has 5 N–H and O–H groups in total. The number of aryl methyl sites for hydroxylation is 1. The molecule has 10 heteroatoms. The third kappa shape index (κ3) is 5.74. The molecule has 0 unspecified atom stereocenters. The normalized spacial score (nSPS) is 11.6. The van der Waals surface area contributed by atoms with Crippen LogP contribution in [0, 0.1) is 12.7 Å². The molecule has 1 aromatic carbocycles. The number of carbonyl (C=O) groups is 3. The van der Waals surface area contributed by atoms with Crippen molar-refractivity contribution in [3.05, 3.63) is 40.7 Å². The molecule has 0 aliphatic rings. The number of aromatic nitrogens is 1. The minimum absolute atomic E-state index is 0.121. The summed E-state index contributed by atoms with van der Waals surface area (Å²) < 4.78 is 13.4. The topological polar surface area (TPSA) is 134 Å². The zero-order valence-electron chi connectivity index (χ0n) is 14.5. The minimum Gasteiger partial charge on any atom is -0.480 e. The maximum absolute atomic E-state index is 13.4. The summed E-state index contributed by atoms with van der Waals surface area (Å²) >= 11 is 1.06. The maximum atomic E-state index is 13.4. The highest BCUT2D eigenvalue weighted by molar-refractivity contribution is 7.17. The summed E-state index contributed by atoms with van der Waals surface area (Å²) in [5.74, 6) is -2.17. The fraction of sp³-hybridized carbons (Fsp3) is 0.294. The SMILES string of the molecule is Cc1nc(-c2cccc(F)c2)sc1C(=O)N[C@@H](CCCNC(N)=O)C(=O)O. The number of rotatable bonds is 8. The molecule has 1 aromatic heterocycles. The van der Waals surface area contributed by atoms with Crippen molar-refractivity contribution in [2.45, 2.75) is 25.8 Å². The number of hydrogen-bond donors (Lipinski definition) is 4. The molecule has 8 nitrogen and oxygen atoms in total. The van der Waals surface area contributed by atoms with Crippen LogP contribution in [-0.2, 0) is 4.79 Å². The maximum Gasteiger partial charge on any atom is 0.326 e. The van der Waals surface area contributed by atoms with Gasteiger partial charge in [-0.05, 0) is 31.9 Å². The number of carboxylic acids is 1. The first-order valence-electron chi connectivity index (χ1n) is 8.08. The third-order valence-electron chi connectivity index (χ3n) is 3.65. The van der Waals surface area contributed by atoms with Gasteiger partial charge in [0.25, 0.3) is 5.91 Å². The number of carboxylic acid groups (broad SMARTS) is 1. The summed E-state index contributed by atoms with van der Waals surface area (Å²) in [6.45, 7) is 1.83. The van der Waals surface area contributed by atoms with Gasteiger partial charge in [0, 0.05) is 12.1 Å². The van der Waals surface area contributed by atoms with Crippen LogP contribution in [-0.4, -0.2) is 40.6 Å². The molecule has 27 heavy (non-hydrogen) atoms. The predicted octanol–water partition coefficient (Wildman–Crippen LogP) is 1.89. The second-order valence-corrected chi connectivity index (χ2v) is 6.74. The first kappa shape index (κ1) is 20.3. The van der Waals surface area contributed by atoms with E-state index in [1.54, 1.807) is 19.1 Å². The average Bonchev–Trinajstić information content (AvgIpc) is 2.99. The molecule has 0 radical (unpaired) electrons. The first-order chi connectivity index (χ1) is 12.8. The zero-order valence-corrected chi connectivity index (χ0v) is 15.3. The monoisotopic (exact) mass is 394 g/mol. The van der Waals surface area contributed by atoms with Gasteiger partial charge in [-0.3, -0.25) is 4.79 Å². The Kier molecular flexibility index (Phi) is 6.83. The Bertz CT molecular complexity index is 855. The molecule has 144 valence electrons. The van der Waals surface area contributed by atoms with Crippen molar-refractivity contribution in [1.82, 2.24) is 15.6 Å². The largest absolute Gasteiger partial charge is 0.480 e. The number of urea groups is 1. The smallest absolute Gasteiger partial charge is 0.326 e. The van der Waals surface area contributed by atoms with Crippen LogP contribution in [0.2, 0.25) is 0 Å². The van der Waals surface area contributed by atoms with Crippen molar-refractivity contribution in [2.75, 3.05) is 6.54 Å². The second kappa shape index (κ2) is 9.08. The van der Waals surface area contributed by atoms with E-state index in [0.29, 0.717) is 22.7 Å². The molecule has 3 amide bonds. The van der Waals surface area contributed by atoms with Gasteiger partial charge in [0.05, 0.1) is 5.69 Å². The highest BCUT2D eigenvalue weighted by Crippen LogP contribution is 2.28. The summed E-state index contributed by atoms with van der Waals surface area (Å²) in [5, 5.41) is 14.6. The van der Waals surface area contributed by atoms with Gasteiger partial charge in [-0.1, -0.05) is 12.1 Å². The van der Waals surface area contributed by atoms with Crippen LogP contribution in [0.4, 0.5) is 9.18 Å². The quantitative estimate of drug-likeness (QED) is 0.507. The summed E-state index contributed by atoms with van der Waals surface area (Å²) in [5.41, 5.74) is 5.90. The van der Waals surface area contributed by atoms with Crippen LogP contribution in [0.25, 0.3) is 10.6 Å². The van der Waals surface area contributed by atoms with E-state index in [9.17, 15) is 23.9 Å². The Morgan fingerprint density at radius 2 is 2.11 bits per heavy atom. The van der Waals surface area contributed by atoms with E-state index in [2.05, 4.69) is 15.6 Å². The number of carbonyl (C=O) groups excluding carboxylic acids is 2. The van der Waals surface area contributed by atoms with Crippen molar-refractivity contribution in [2.24, 2.45) is 5.73 Å². The van der Waals surface area contributed by atoms with Crippen molar-refractivity contribution in [3.8, 4) is 10.6 Å². The van der Waals surface area contributed by atoms with Gasteiger partial charge < -0.3 is 21.5 Å².